The van der Waals surface area contributed by atoms with Crippen LogP contribution in [-0.2, 0) is 0 Å². The molecule has 82 valence electrons. The van der Waals surface area contributed by atoms with Crippen molar-refractivity contribution in [1.29, 1.82) is 0 Å². The Kier molecular flexibility index (Phi) is 2.32. The molecule has 0 atom stereocenters. The van der Waals surface area contributed by atoms with E-state index in [1.165, 1.54) is 24.3 Å². The van der Waals surface area contributed by atoms with Crippen molar-refractivity contribution in [2.45, 2.75) is 0 Å². The number of nitrogens with zero attached hydrogens (tertiary/aromatic N) is 1. The van der Waals surface area contributed by atoms with Gasteiger partial charge in [-0.3, -0.25) is 0 Å². The summed E-state index contributed by atoms with van der Waals surface area (Å²) in [5.74, 6) is -1.84. The lowest BCUT2D eigenvalue weighted by molar-refractivity contribution is 0.0698. The summed E-state index contributed by atoms with van der Waals surface area (Å²) < 4.78 is 17.5. The lowest BCUT2D eigenvalue weighted by atomic mass is 10.1. The van der Waals surface area contributed by atoms with Gasteiger partial charge in [-0.05, 0) is 24.3 Å². The summed E-state index contributed by atoms with van der Waals surface area (Å²) in [6.07, 6.45) is 0. The Labute approximate surface area is 89.3 Å². The summed E-state index contributed by atoms with van der Waals surface area (Å²) >= 11 is 0. The Hall–Kier alpha value is -2.37. The van der Waals surface area contributed by atoms with Gasteiger partial charge >= 0.3 is 5.97 Å². The number of aromatic nitrogens is 1. The molecule has 0 aliphatic heterocycles. The zero-order chi connectivity index (χ0) is 11.7. The van der Waals surface area contributed by atoms with Gasteiger partial charge in [0.25, 0.3) is 0 Å². The predicted octanol–water partition coefficient (Wildman–Crippen LogP) is 1.76. The molecule has 0 fully saturated rings. The molecule has 0 spiro atoms. The fourth-order valence-electron chi connectivity index (χ4n) is 1.31. The summed E-state index contributed by atoms with van der Waals surface area (Å²) in [4.78, 5) is 10.9. The highest BCUT2D eigenvalue weighted by atomic mass is 19.1. The van der Waals surface area contributed by atoms with Crippen LogP contribution in [0.2, 0.25) is 0 Å². The van der Waals surface area contributed by atoms with Crippen molar-refractivity contribution in [3.8, 4) is 11.3 Å². The molecule has 3 N–H and O–H groups in total. The smallest absolute Gasteiger partial charge is 0.343 e. The van der Waals surface area contributed by atoms with E-state index in [2.05, 4.69) is 5.16 Å². The quantitative estimate of drug-likeness (QED) is 0.808. The standard InChI is InChI=1S/C10H7FN2O3/c11-6-3-1-5(2-4-6)8-7(10(14)15)9(12)13-16-8/h1-4H,(H2,12,13)(H,14,15). The van der Waals surface area contributed by atoms with E-state index in [1.54, 1.807) is 0 Å². The molecule has 1 aromatic carbocycles. The topological polar surface area (TPSA) is 89.4 Å². The summed E-state index contributed by atoms with van der Waals surface area (Å²) in [5, 5.41) is 12.3. The predicted molar refractivity (Wildman–Crippen MR) is 53.3 cm³/mol. The molecule has 0 amide bonds. The number of hydrogen-bond acceptors (Lipinski definition) is 4. The normalized spacial score (nSPS) is 10.3. The van der Waals surface area contributed by atoms with Gasteiger partial charge in [-0.15, -0.1) is 0 Å². The number of nitrogens with two attached hydrogens (primary N) is 1. The Bertz CT molecular complexity index is 533. The third kappa shape index (κ3) is 1.60. The summed E-state index contributed by atoms with van der Waals surface area (Å²) in [6, 6.07) is 5.17. The number of carboxylic acid groups (broad SMARTS) is 1. The van der Waals surface area contributed by atoms with Gasteiger partial charge in [0.2, 0.25) is 0 Å². The highest BCUT2D eigenvalue weighted by molar-refractivity contribution is 5.98. The first-order chi connectivity index (χ1) is 7.59. The summed E-state index contributed by atoms with van der Waals surface area (Å²) in [5.41, 5.74) is 5.54. The van der Waals surface area contributed by atoms with Crippen molar-refractivity contribution < 1.29 is 18.8 Å². The van der Waals surface area contributed by atoms with Crippen molar-refractivity contribution >= 4 is 11.8 Å². The maximum Gasteiger partial charge on any atom is 0.343 e. The van der Waals surface area contributed by atoms with Gasteiger partial charge in [0.05, 0.1) is 0 Å². The lowest BCUT2D eigenvalue weighted by Crippen LogP contribution is -2.01. The van der Waals surface area contributed by atoms with Gasteiger partial charge in [-0.25, -0.2) is 9.18 Å². The van der Waals surface area contributed by atoms with Crippen molar-refractivity contribution in [3.05, 3.63) is 35.6 Å². The van der Waals surface area contributed by atoms with Gasteiger partial charge in [-0.2, -0.15) is 0 Å². The number of carbonyl (C=O) groups is 1. The second-order valence-corrected chi connectivity index (χ2v) is 3.08. The molecule has 0 radical (unpaired) electrons. The Morgan fingerprint density at radius 3 is 2.56 bits per heavy atom. The first-order valence-electron chi connectivity index (χ1n) is 4.34. The van der Waals surface area contributed by atoms with E-state index < -0.39 is 11.8 Å². The highest BCUT2D eigenvalue weighted by Gasteiger charge is 2.21. The molecular formula is C10H7FN2O3. The van der Waals surface area contributed by atoms with E-state index in [9.17, 15) is 9.18 Å². The number of nitrogen functional groups attached to an aromatic ring is 1. The van der Waals surface area contributed by atoms with Crippen LogP contribution in [0, 0.1) is 5.82 Å². The molecule has 0 aliphatic rings. The lowest BCUT2D eigenvalue weighted by Gasteiger charge is -1.97. The molecule has 6 heteroatoms. The molecular weight excluding hydrogens is 215 g/mol. The largest absolute Gasteiger partial charge is 0.477 e. The van der Waals surface area contributed by atoms with Gasteiger partial charge in [-0.1, -0.05) is 5.16 Å². The fourth-order valence-corrected chi connectivity index (χ4v) is 1.31. The van der Waals surface area contributed by atoms with E-state index in [0.717, 1.165) is 0 Å². The molecule has 1 aromatic heterocycles. The first-order valence-corrected chi connectivity index (χ1v) is 4.34. The molecule has 0 unspecified atom stereocenters. The minimum absolute atomic E-state index is 0.0185. The van der Waals surface area contributed by atoms with E-state index >= 15 is 0 Å². The Balaban J connectivity index is 2.56. The molecule has 0 saturated heterocycles. The monoisotopic (exact) mass is 222 g/mol. The molecule has 5 nitrogen and oxygen atoms in total. The van der Waals surface area contributed by atoms with Crippen molar-refractivity contribution in [1.82, 2.24) is 5.16 Å². The van der Waals surface area contributed by atoms with Crippen molar-refractivity contribution in [2.75, 3.05) is 5.73 Å². The van der Waals surface area contributed by atoms with E-state index in [1.807, 2.05) is 0 Å². The van der Waals surface area contributed by atoms with Crippen LogP contribution in [0.1, 0.15) is 10.4 Å². The van der Waals surface area contributed by atoms with Gasteiger partial charge in [0.15, 0.2) is 17.1 Å². The molecule has 0 saturated carbocycles. The molecule has 1 heterocycles. The maximum absolute atomic E-state index is 12.7. The molecule has 0 aliphatic carbocycles. The van der Waals surface area contributed by atoms with Crippen LogP contribution >= 0.6 is 0 Å². The van der Waals surface area contributed by atoms with Crippen LogP contribution < -0.4 is 5.73 Å². The SMILES string of the molecule is Nc1noc(-c2ccc(F)cc2)c1C(=O)O. The second-order valence-electron chi connectivity index (χ2n) is 3.08. The number of benzene rings is 1. The van der Waals surface area contributed by atoms with Crippen molar-refractivity contribution in [2.24, 2.45) is 0 Å². The van der Waals surface area contributed by atoms with E-state index in [4.69, 9.17) is 15.4 Å². The fraction of sp³-hybridized carbons (Fsp3) is 0. The highest BCUT2D eigenvalue weighted by Crippen LogP contribution is 2.27. The maximum atomic E-state index is 12.7. The number of hydrogen-bond donors (Lipinski definition) is 2. The average molecular weight is 222 g/mol. The number of aromatic carboxylic acids is 1. The van der Waals surface area contributed by atoms with Crippen LogP contribution in [0.5, 0.6) is 0 Å². The minimum atomic E-state index is -1.24. The molecule has 16 heavy (non-hydrogen) atoms. The average Bonchev–Trinajstić information content (AvgIpc) is 2.61. The van der Waals surface area contributed by atoms with E-state index in [0.29, 0.717) is 5.56 Å². The van der Waals surface area contributed by atoms with Crippen LogP contribution in [0.4, 0.5) is 10.2 Å². The van der Waals surface area contributed by atoms with Crippen LogP contribution in [0.15, 0.2) is 28.8 Å². The number of halogens is 1. The van der Waals surface area contributed by atoms with Crippen molar-refractivity contribution in [3.63, 3.8) is 0 Å². The van der Waals surface area contributed by atoms with Gasteiger partial charge in [0.1, 0.15) is 5.82 Å². The first kappa shape index (κ1) is 10.2. The minimum Gasteiger partial charge on any atom is -0.477 e. The van der Waals surface area contributed by atoms with Gasteiger partial charge < -0.3 is 15.4 Å². The molecule has 2 rings (SSSR count). The van der Waals surface area contributed by atoms with Crippen LogP contribution in [-0.4, -0.2) is 16.2 Å². The third-order valence-corrected chi connectivity index (χ3v) is 2.04. The van der Waals surface area contributed by atoms with Crippen LogP contribution in [0.25, 0.3) is 11.3 Å². The third-order valence-electron chi connectivity index (χ3n) is 2.04. The Morgan fingerprint density at radius 2 is 2.00 bits per heavy atom. The zero-order valence-electron chi connectivity index (χ0n) is 7.98. The number of carboxylic acids is 1. The molecule has 0 bridgehead atoms. The Morgan fingerprint density at radius 1 is 1.38 bits per heavy atom. The number of rotatable bonds is 2. The zero-order valence-corrected chi connectivity index (χ0v) is 7.98. The molecule has 2 aromatic rings. The second kappa shape index (κ2) is 3.65. The number of anilines is 1. The summed E-state index contributed by atoms with van der Waals surface area (Å²) in [7, 11) is 0. The van der Waals surface area contributed by atoms with Gasteiger partial charge in [0, 0.05) is 5.56 Å². The summed E-state index contributed by atoms with van der Waals surface area (Å²) in [6.45, 7) is 0. The van der Waals surface area contributed by atoms with Crippen LogP contribution in [0.3, 0.4) is 0 Å². The van der Waals surface area contributed by atoms with E-state index in [-0.39, 0.29) is 17.1 Å².